The molecule has 0 atom stereocenters. The zero-order chi connectivity index (χ0) is 18.9. The molecule has 9 nitrogen and oxygen atoms in total. The van der Waals surface area contributed by atoms with E-state index in [1.165, 1.54) is 39.4 Å². The van der Waals surface area contributed by atoms with Crippen LogP contribution in [0.1, 0.15) is 20.7 Å². The fraction of sp³-hybridized carbons (Fsp3) is 0.312. The molecule has 0 unspecified atom stereocenters. The standard InChI is InChI=1S/C16H18N4O5S/c1-18-11-13(10-17-18)15(21)19-6-8-20(9-7-19)26(24,25)14-4-2-12(3-5-14)16(22)23/h2-5,10-11H,6-9H2,1H3,(H,22,23). The Morgan fingerprint density at radius 3 is 2.15 bits per heavy atom. The lowest BCUT2D eigenvalue weighted by atomic mass is 10.2. The second-order valence-electron chi connectivity index (χ2n) is 5.93. The summed E-state index contributed by atoms with van der Waals surface area (Å²) in [6.07, 6.45) is 3.10. The molecule has 2 heterocycles. The average molecular weight is 378 g/mol. The van der Waals surface area contributed by atoms with Gasteiger partial charge in [0, 0.05) is 39.4 Å². The van der Waals surface area contributed by atoms with Gasteiger partial charge in [-0.3, -0.25) is 9.48 Å². The molecule has 1 amide bonds. The predicted molar refractivity (Wildman–Crippen MR) is 91.3 cm³/mol. The quantitative estimate of drug-likeness (QED) is 0.817. The minimum Gasteiger partial charge on any atom is -0.478 e. The van der Waals surface area contributed by atoms with Crippen LogP contribution in [-0.4, -0.2) is 70.6 Å². The number of aryl methyl sites for hydroxylation is 1. The Kier molecular flexibility index (Phi) is 4.79. The SMILES string of the molecule is Cn1cc(C(=O)N2CCN(S(=O)(=O)c3ccc(C(=O)O)cc3)CC2)cn1. The van der Waals surface area contributed by atoms with Crippen molar-refractivity contribution in [1.82, 2.24) is 19.0 Å². The van der Waals surface area contributed by atoms with Gasteiger partial charge < -0.3 is 10.0 Å². The van der Waals surface area contributed by atoms with Crippen LogP contribution in [0.25, 0.3) is 0 Å². The number of nitrogens with zero attached hydrogens (tertiary/aromatic N) is 4. The van der Waals surface area contributed by atoms with E-state index >= 15 is 0 Å². The topological polar surface area (TPSA) is 113 Å². The highest BCUT2D eigenvalue weighted by Crippen LogP contribution is 2.19. The number of hydrogen-bond acceptors (Lipinski definition) is 5. The van der Waals surface area contributed by atoms with Gasteiger partial charge in [0.15, 0.2) is 0 Å². The molecule has 1 aromatic heterocycles. The highest BCUT2D eigenvalue weighted by molar-refractivity contribution is 7.89. The summed E-state index contributed by atoms with van der Waals surface area (Å²) in [4.78, 5) is 24.9. The number of aromatic carboxylic acids is 1. The van der Waals surface area contributed by atoms with E-state index < -0.39 is 16.0 Å². The van der Waals surface area contributed by atoms with Gasteiger partial charge in [-0.25, -0.2) is 13.2 Å². The van der Waals surface area contributed by atoms with Crippen LogP contribution in [0.4, 0.5) is 0 Å². The van der Waals surface area contributed by atoms with Crippen LogP contribution in [0.2, 0.25) is 0 Å². The maximum atomic E-state index is 12.7. The zero-order valence-corrected chi connectivity index (χ0v) is 14.9. The maximum Gasteiger partial charge on any atom is 0.335 e. The first-order valence-corrected chi connectivity index (χ1v) is 9.34. The molecule has 0 bridgehead atoms. The van der Waals surface area contributed by atoms with Crippen LogP contribution in [0, 0.1) is 0 Å². The number of rotatable bonds is 4. The Morgan fingerprint density at radius 1 is 1.04 bits per heavy atom. The van der Waals surface area contributed by atoms with Crippen LogP contribution < -0.4 is 0 Å². The Hall–Kier alpha value is -2.72. The van der Waals surface area contributed by atoms with Crippen molar-refractivity contribution in [2.24, 2.45) is 7.05 Å². The molecule has 138 valence electrons. The summed E-state index contributed by atoms with van der Waals surface area (Å²) in [6, 6.07) is 5.09. The van der Waals surface area contributed by atoms with Gasteiger partial charge in [-0.15, -0.1) is 0 Å². The summed E-state index contributed by atoms with van der Waals surface area (Å²) in [7, 11) is -2.01. The Labute approximate surface area is 150 Å². The van der Waals surface area contributed by atoms with Gasteiger partial charge in [0.2, 0.25) is 10.0 Å². The monoisotopic (exact) mass is 378 g/mol. The van der Waals surface area contributed by atoms with Crippen molar-refractivity contribution in [2.75, 3.05) is 26.2 Å². The van der Waals surface area contributed by atoms with Crippen molar-refractivity contribution in [3.8, 4) is 0 Å². The van der Waals surface area contributed by atoms with Crippen LogP contribution in [0.15, 0.2) is 41.6 Å². The molecule has 26 heavy (non-hydrogen) atoms. The Bertz CT molecular complexity index is 928. The number of piperazine rings is 1. The first kappa shape index (κ1) is 18.1. The van der Waals surface area contributed by atoms with Crippen molar-refractivity contribution < 1.29 is 23.1 Å². The van der Waals surface area contributed by atoms with E-state index in [9.17, 15) is 18.0 Å². The Balaban J connectivity index is 1.68. The van der Waals surface area contributed by atoms with E-state index in [1.807, 2.05) is 0 Å². The summed E-state index contributed by atoms with van der Waals surface area (Å²) in [5.74, 6) is -1.29. The van der Waals surface area contributed by atoms with Gasteiger partial charge in [-0.2, -0.15) is 9.40 Å². The third kappa shape index (κ3) is 3.46. The molecule has 0 spiro atoms. The molecule has 10 heteroatoms. The molecule has 0 saturated carbocycles. The second kappa shape index (κ2) is 6.89. The van der Waals surface area contributed by atoms with Crippen molar-refractivity contribution in [3.05, 3.63) is 47.8 Å². The molecule has 1 aromatic carbocycles. The van der Waals surface area contributed by atoms with Gasteiger partial charge in [0.25, 0.3) is 5.91 Å². The van der Waals surface area contributed by atoms with Crippen LogP contribution >= 0.6 is 0 Å². The molecular formula is C16H18N4O5S. The van der Waals surface area contributed by atoms with Crippen molar-refractivity contribution in [2.45, 2.75) is 4.90 Å². The molecule has 0 aliphatic carbocycles. The van der Waals surface area contributed by atoms with Crippen molar-refractivity contribution in [3.63, 3.8) is 0 Å². The fourth-order valence-corrected chi connectivity index (χ4v) is 4.19. The molecule has 3 rings (SSSR count). The molecule has 1 aliphatic heterocycles. The lowest BCUT2D eigenvalue weighted by Crippen LogP contribution is -2.50. The average Bonchev–Trinajstić information content (AvgIpc) is 3.07. The maximum absolute atomic E-state index is 12.7. The minimum absolute atomic E-state index is 0.0239. The van der Waals surface area contributed by atoms with Gasteiger partial charge in [-0.1, -0.05) is 0 Å². The number of amides is 1. The van der Waals surface area contributed by atoms with E-state index in [4.69, 9.17) is 5.11 Å². The number of carboxylic acids is 1. The van der Waals surface area contributed by atoms with Gasteiger partial charge >= 0.3 is 5.97 Å². The third-order valence-corrected chi connectivity index (χ3v) is 6.13. The fourth-order valence-electron chi connectivity index (χ4n) is 2.76. The van der Waals surface area contributed by atoms with Crippen LogP contribution in [0.3, 0.4) is 0 Å². The number of benzene rings is 1. The van der Waals surface area contributed by atoms with E-state index in [0.29, 0.717) is 5.56 Å². The van der Waals surface area contributed by atoms with Gasteiger partial charge in [-0.05, 0) is 24.3 Å². The van der Waals surface area contributed by atoms with Gasteiger partial charge in [0.05, 0.1) is 22.2 Å². The molecule has 1 aliphatic rings. The number of carboxylic acid groups (broad SMARTS) is 1. The van der Waals surface area contributed by atoms with E-state index in [0.717, 1.165) is 0 Å². The third-order valence-electron chi connectivity index (χ3n) is 4.22. The summed E-state index contributed by atoms with van der Waals surface area (Å²) in [5.41, 5.74) is 0.490. The Morgan fingerprint density at radius 2 is 1.65 bits per heavy atom. The van der Waals surface area contributed by atoms with Crippen LogP contribution in [-0.2, 0) is 17.1 Å². The molecule has 2 aromatic rings. The molecule has 1 fully saturated rings. The van der Waals surface area contributed by atoms with Gasteiger partial charge in [0.1, 0.15) is 0 Å². The highest BCUT2D eigenvalue weighted by Gasteiger charge is 2.30. The normalized spacial score (nSPS) is 15.8. The van der Waals surface area contributed by atoms with Crippen LogP contribution in [0.5, 0.6) is 0 Å². The molecule has 0 radical (unpaired) electrons. The number of aromatic nitrogens is 2. The summed E-state index contributed by atoms with van der Waals surface area (Å²) >= 11 is 0. The number of sulfonamides is 1. The smallest absolute Gasteiger partial charge is 0.335 e. The lowest BCUT2D eigenvalue weighted by molar-refractivity contribution is 0.0690. The predicted octanol–water partition coefficient (Wildman–Crippen LogP) is 0.265. The van der Waals surface area contributed by atoms with Crippen molar-refractivity contribution >= 4 is 21.9 Å². The summed E-state index contributed by atoms with van der Waals surface area (Å²) < 4.78 is 28.2. The summed E-state index contributed by atoms with van der Waals surface area (Å²) in [6.45, 7) is 0.907. The highest BCUT2D eigenvalue weighted by atomic mass is 32.2. The summed E-state index contributed by atoms with van der Waals surface area (Å²) in [5, 5.41) is 12.9. The number of hydrogen-bond donors (Lipinski definition) is 1. The van der Waals surface area contributed by atoms with Crippen molar-refractivity contribution in [1.29, 1.82) is 0 Å². The molecule has 1 saturated heterocycles. The first-order chi connectivity index (χ1) is 12.3. The number of carbonyl (C=O) groups excluding carboxylic acids is 1. The van der Waals surface area contributed by atoms with E-state index in [-0.39, 0.29) is 42.5 Å². The molecular weight excluding hydrogens is 360 g/mol. The number of carbonyl (C=O) groups is 2. The zero-order valence-electron chi connectivity index (χ0n) is 14.1. The molecule has 1 N–H and O–H groups in total. The lowest BCUT2D eigenvalue weighted by Gasteiger charge is -2.33. The first-order valence-electron chi connectivity index (χ1n) is 7.90. The minimum atomic E-state index is -3.73. The second-order valence-corrected chi connectivity index (χ2v) is 7.87. The van der Waals surface area contributed by atoms with E-state index in [2.05, 4.69) is 5.10 Å². The van der Waals surface area contributed by atoms with E-state index in [1.54, 1.807) is 18.1 Å². The largest absolute Gasteiger partial charge is 0.478 e.